The van der Waals surface area contributed by atoms with Gasteiger partial charge in [0.05, 0.1) is 0 Å². The van der Waals surface area contributed by atoms with Crippen molar-refractivity contribution in [1.29, 1.82) is 0 Å². The first-order valence-corrected chi connectivity index (χ1v) is 11.3. The van der Waals surface area contributed by atoms with Crippen LogP contribution in [0.2, 0.25) is 0 Å². The second-order valence-electron chi connectivity index (χ2n) is 8.73. The summed E-state index contributed by atoms with van der Waals surface area (Å²) >= 11 is 0. The van der Waals surface area contributed by atoms with Gasteiger partial charge in [0.2, 0.25) is 0 Å². The molecule has 2 aliphatic rings. The first-order chi connectivity index (χ1) is 14.8. The third kappa shape index (κ3) is 2.60. The Morgan fingerprint density at radius 2 is 1.17 bits per heavy atom. The van der Waals surface area contributed by atoms with Crippen molar-refractivity contribution in [3.8, 4) is 33.4 Å². The van der Waals surface area contributed by atoms with Crippen molar-refractivity contribution in [2.24, 2.45) is 0 Å². The molecule has 6 rings (SSSR count). The monoisotopic (exact) mass is 386 g/mol. The third-order valence-electron chi connectivity index (χ3n) is 6.99. The molecular formula is C30H26. The number of aryl methyl sites for hydroxylation is 1. The first-order valence-electron chi connectivity index (χ1n) is 11.3. The molecule has 4 aromatic rings. The Balaban J connectivity index is 1.59. The molecule has 0 saturated carbocycles. The topological polar surface area (TPSA) is 0 Å². The molecule has 0 nitrogen and oxygen atoms in total. The average Bonchev–Trinajstić information content (AvgIpc) is 3.35. The summed E-state index contributed by atoms with van der Waals surface area (Å²) in [4.78, 5) is 0. The van der Waals surface area contributed by atoms with E-state index in [9.17, 15) is 0 Å². The van der Waals surface area contributed by atoms with Crippen LogP contribution in [0, 0.1) is 0 Å². The molecule has 146 valence electrons. The Hall–Kier alpha value is -3.12. The van der Waals surface area contributed by atoms with Crippen molar-refractivity contribution in [2.45, 2.75) is 39.0 Å². The summed E-state index contributed by atoms with van der Waals surface area (Å²) in [7, 11) is 0. The Kier molecular flexibility index (Phi) is 4.13. The molecular weight excluding hydrogens is 360 g/mol. The molecule has 0 bridgehead atoms. The van der Waals surface area contributed by atoms with Crippen LogP contribution in [0.5, 0.6) is 0 Å². The van der Waals surface area contributed by atoms with E-state index < -0.39 is 0 Å². The van der Waals surface area contributed by atoms with Crippen molar-refractivity contribution in [1.82, 2.24) is 0 Å². The van der Waals surface area contributed by atoms with E-state index in [4.69, 9.17) is 0 Å². The SMILES string of the molecule is CCCCc1ccc2c(c1-c1cccc3c1Cc1ccccc1-3)Cc1ccccc1-2. The van der Waals surface area contributed by atoms with Crippen LogP contribution in [0.3, 0.4) is 0 Å². The molecule has 4 aromatic carbocycles. The fraction of sp³-hybridized carbons (Fsp3) is 0.200. The Bertz CT molecular complexity index is 1280. The van der Waals surface area contributed by atoms with Gasteiger partial charge >= 0.3 is 0 Å². The van der Waals surface area contributed by atoms with Gasteiger partial charge in [0.1, 0.15) is 0 Å². The number of fused-ring (bicyclic) bond motifs is 6. The van der Waals surface area contributed by atoms with Crippen molar-refractivity contribution in [3.63, 3.8) is 0 Å². The van der Waals surface area contributed by atoms with Gasteiger partial charge < -0.3 is 0 Å². The molecule has 0 aromatic heterocycles. The lowest BCUT2D eigenvalue weighted by molar-refractivity contribution is 0.795. The number of unbranched alkanes of at least 4 members (excludes halogenated alkanes) is 1. The van der Waals surface area contributed by atoms with E-state index in [0.717, 1.165) is 19.3 Å². The molecule has 0 aliphatic heterocycles. The van der Waals surface area contributed by atoms with Crippen molar-refractivity contribution in [3.05, 3.63) is 107 Å². The summed E-state index contributed by atoms with van der Waals surface area (Å²) in [5.41, 5.74) is 16.2. The van der Waals surface area contributed by atoms with Gasteiger partial charge in [-0.05, 0) is 86.9 Å². The lowest BCUT2D eigenvalue weighted by Crippen LogP contribution is -1.99. The maximum absolute atomic E-state index is 2.41. The quantitative estimate of drug-likeness (QED) is 0.289. The minimum absolute atomic E-state index is 1.05. The van der Waals surface area contributed by atoms with Crippen molar-refractivity contribution in [2.75, 3.05) is 0 Å². The Morgan fingerprint density at radius 1 is 0.567 bits per heavy atom. The number of hydrogen-bond acceptors (Lipinski definition) is 0. The lowest BCUT2D eigenvalue weighted by Gasteiger charge is -2.18. The highest BCUT2D eigenvalue weighted by Crippen LogP contribution is 2.47. The Morgan fingerprint density at radius 3 is 1.90 bits per heavy atom. The zero-order valence-electron chi connectivity index (χ0n) is 17.5. The number of benzene rings is 4. The second kappa shape index (κ2) is 6.99. The first kappa shape index (κ1) is 17.7. The summed E-state index contributed by atoms with van der Waals surface area (Å²) < 4.78 is 0. The molecule has 0 atom stereocenters. The maximum atomic E-state index is 2.41. The molecule has 0 amide bonds. The van der Waals surface area contributed by atoms with Gasteiger partial charge in [-0.15, -0.1) is 0 Å². The summed E-state index contributed by atoms with van der Waals surface area (Å²) in [6.45, 7) is 2.29. The number of hydrogen-bond donors (Lipinski definition) is 0. The van der Waals surface area contributed by atoms with Crippen LogP contribution in [0.25, 0.3) is 33.4 Å². The van der Waals surface area contributed by atoms with Crippen LogP contribution in [0.4, 0.5) is 0 Å². The molecule has 0 fully saturated rings. The summed E-state index contributed by atoms with van der Waals surface area (Å²) in [5.74, 6) is 0. The fourth-order valence-corrected chi connectivity index (χ4v) is 5.56. The van der Waals surface area contributed by atoms with Crippen LogP contribution in [0.15, 0.2) is 78.9 Å². The average molecular weight is 387 g/mol. The van der Waals surface area contributed by atoms with Gasteiger partial charge in [-0.25, -0.2) is 0 Å². The lowest BCUT2D eigenvalue weighted by atomic mass is 9.85. The van der Waals surface area contributed by atoms with Gasteiger partial charge in [-0.2, -0.15) is 0 Å². The summed E-state index contributed by atoms with van der Waals surface area (Å²) in [6.07, 6.45) is 5.73. The van der Waals surface area contributed by atoms with E-state index in [1.807, 2.05) is 0 Å². The van der Waals surface area contributed by atoms with Crippen LogP contribution >= 0.6 is 0 Å². The van der Waals surface area contributed by atoms with E-state index in [-0.39, 0.29) is 0 Å². The molecule has 0 spiro atoms. The highest BCUT2D eigenvalue weighted by molar-refractivity contribution is 5.91. The van der Waals surface area contributed by atoms with E-state index in [1.54, 1.807) is 0 Å². The molecule has 0 saturated heterocycles. The zero-order chi connectivity index (χ0) is 20.1. The predicted octanol–water partition coefficient (Wildman–Crippen LogP) is 7.84. The standard InChI is InChI=1S/C30H26/c1-2-3-9-20-16-17-26-24-13-7-5-11-22(24)19-29(26)30(20)27-15-8-14-25-23-12-6-4-10-21(23)18-28(25)27/h4-8,10-17H,2-3,9,18-19H2,1H3. The normalized spacial score (nSPS) is 13.0. The van der Waals surface area contributed by atoms with Crippen molar-refractivity contribution < 1.29 is 0 Å². The van der Waals surface area contributed by atoms with Gasteiger partial charge in [0, 0.05) is 0 Å². The molecule has 0 heteroatoms. The summed E-state index contributed by atoms with van der Waals surface area (Å²) in [5, 5.41) is 0. The van der Waals surface area contributed by atoms with Gasteiger partial charge in [-0.1, -0.05) is 92.2 Å². The third-order valence-corrected chi connectivity index (χ3v) is 6.99. The second-order valence-corrected chi connectivity index (χ2v) is 8.73. The smallest absolute Gasteiger partial charge is 0.000718 e. The van der Waals surface area contributed by atoms with Crippen LogP contribution in [-0.2, 0) is 19.3 Å². The van der Waals surface area contributed by atoms with E-state index in [2.05, 4.69) is 85.8 Å². The molecule has 2 aliphatic carbocycles. The van der Waals surface area contributed by atoms with E-state index in [0.29, 0.717) is 0 Å². The van der Waals surface area contributed by atoms with Crippen LogP contribution < -0.4 is 0 Å². The van der Waals surface area contributed by atoms with E-state index >= 15 is 0 Å². The van der Waals surface area contributed by atoms with Gasteiger partial charge in [0.25, 0.3) is 0 Å². The minimum atomic E-state index is 1.05. The maximum Gasteiger partial charge on any atom is -0.000718 e. The zero-order valence-corrected chi connectivity index (χ0v) is 17.5. The van der Waals surface area contributed by atoms with Crippen LogP contribution in [-0.4, -0.2) is 0 Å². The number of rotatable bonds is 4. The highest BCUT2D eigenvalue weighted by atomic mass is 14.3. The largest absolute Gasteiger partial charge is 0.0654 e. The molecule has 0 heterocycles. The fourth-order valence-electron chi connectivity index (χ4n) is 5.56. The van der Waals surface area contributed by atoms with Crippen LogP contribution in [0.1, 0.15) is 47.6 Å². The minimum Gasteiger partial charge on any atom is -0.0654 e. The summed E-state index contributed by atoms with van der Waals surface area (Å²) in [6, 6.07) is 29.6. The predicted molar refractivity (Wildman–Crippen MR) is 127 cm³/mol. The Labute approximate surface area is 179 Å². The molecule has 0 unspecified atom stereocenters. The highest BCUT2D eigenvalue weighted by Gasteiger charge is 2.27. The van der Waals surface area contributed by atoms with Crippen molar-refractivity contribution >= 4 is 0 Å². The molecule has 30 heavy (non-hydrogen) atoms. The van der Waals surface area contributed by atoms with E-state index in [1.165, 1.54) is 74.0 Å². The molecule has 0 N–H and O–H groups in total. The van der Waals surface area contributed by atoms with Gasteiger partial charge in [-0.3, -0.25) is 0 Å². The van der Waals surface area contributed by atoms with Gasteiger partial charge in [0.15, 0.2) is 0 Å². The molecule has 0 radical (unpaired) electrons.